The highest BCUT2D eigenvalue weighted by atomic mass is 35.5. The van der Waals surface area contributed by atoms with E-state index in [4.69, 9.17) is 26.8 Å². The zero-order valence-electron chi connectivity index (χ0n) is 16.9. The van der Waals surface area contributed by atoms with Crippen molar-refractivity contribution in [2.24, 2.45) is 5.73 Å². The molecule has 0 saturated carbocycles. The molecule has 31 heavy (non-hydrogen) atoms. The minimum absolute atomic E-state index is 0.0535. The van der Waals surface area contributed by atoms with Crippen LogP contribution in [0, 0.1) is 5.82 Å². The van der Waals surface area contributed by atoms with Crippen LogP contribution in [0.25, 0.3) is 0 Å². The van der Waals surface area contributed by atoms with E-state index in [1.807, 2.05) is 0 Å². The van der Waals surface area contributed by atoms with Crippen LogP contribution in [-0.4, -0.2) is 54.0 Å². The average molecular weight is 450 g/mol. The molecule has 0 unspecified atom stereocenters. The second-order valence-electron chi connectivity index (χ2n) is 8.11. The quantitative estimate of drug-likeness (QED) is 0.629. The molecule has 4 rings (SSSR count). The van der Waals surface area contributed by atoms with Crippen molar-refractivity contribution >= 4 is 23.3 Å². The van der Waals surface area contributed by atoms with Gasteiger partial charge in [0.15, 0.2) is 0 Å². The fourth-order valence-corrected chi connectivity index (χ4v) is 4.39. The fourth-order valence-electron chi connectivity index (χ4n) is 4.22. The fraction of sp³-hybridized carbons (Fsp3) is 0.409. The number of primary amides is 1. The number of β-amino-alcohol motifs (C(OH)–C–C–N with tert-alkyl or cyclic N) is 1. The smallest absolute Gasteiger partial charge is 0.316 e. The van der Waals surface area contributed by atoms with Gasteiger partial charge in [-0.3, -0.25) is 0 Å². The lowest BCUT2D eigenvalue weighted by atomic mass is 9.87. The van der Waals surface area contributed by atoms with Gasteiger partial charge in [0.1, 0.15) is 35.6 Å². The first-order valence-electron chi connectivity index (χ1n) is 10.2. The lowest BCUT2D eigenvalue weighted by Crippen LogP contribution is -2.49. The maximum absolute atomic E-state index is 13.5. The Bertz CT molecular complexity index is 966. The molecule has 2 aliphatic heterocycles. The summed E-state index contributed by atoms with van der Waals surface area (Å²) >= 11 is 5.95. The molecule has 9 heteroatoms. The number of aliphatic hydroxyl groups is 1. The number of nitrogens with two attached hydrogens (primary N) is 1. The van der Waals surface area contributed by atoms with Crippen molar-refractivity contribution in [2.75, 3.05) is 31.6 Å². The molecule has 166 valence electrons. The molecule has 1 saturated heterocycles. The van der Waals surface area contributed by atoms with E-state index in [-0.39, 0.29) is 18.0 Å². The summed E-state index contributed by atoms with van der Waals surface area (Å²) < 4.78 is 25.3. The van der Waals surface area contributed by atoms with Gasteiger partial charge < -0.3 is 30.5 Å². The second-order valence-corrected chi connectivity index (χ2v) is 8.55. The Hall–Kier alpha value is -2.55. The van der Waals surface area contributed by atoms with Crippen molar-refractivity contribution in [2.45, 2.75) is 31.0 Å². The van der Waals surface area contributed by atoms with Crippen LogP contribution >= 0.6 is 11.6 Å². The number of hydrogen-bond acceptors (Lipinski definition) is 5. The maximum Gasteiger partial charge on any atom is 0.316 e. The summed E-state index contributed by atoms with van der Waals surface area (Å²) in [5.74, 6) is 0.908. The third kappa shape index (κ3) is 5.20. The van der Waals surface area contributed by atoms with Crippen LogP contribution in [0.1, 0.15) is 18.4 Å². The van der Waals surface area contributed by atoms with Crippen LogP contribution in [0.3, 0.4) is 0 Å². The Labute approximate surface area is 184 Å². The molecular formula is C22H25ClFN3O4. The molecule has 2 heterocycles. The first-order valence-corrected chi connectivity index (χ1v) is 10.6. The second kappa shape index (κ2) is 8.90. The van der Waals surface area contributed by atoms with Crippen LogP contribution in [-0.2, 0) is 6.42 Å². The summed E-state index contributed by atoms with van der Waals surface area (Å²) in [7, 11) is 0. The number of halogens is 2. The van der Waals surface area contributed by atoms with Gasteiger partial charge in [0.05, 0.1) is 5.69 Å². The molecule has 2 aromatic rings. The van der Waals surface area contributed by atoms with E-state index >= 15 is 0 Å². The molecule has 4 N–H and O–H groups in total. The number of nitrogens with one attached hydrogen (secondary N) is 1. The molecule has 0 bridgehead atoms. The van der Waals surface area contributed by atoms with Crippen molar-refractivity contribution in [3.8, 4) is 11.5 Å². The van der Waals surface area contributed by atoms with Crippen LogP contribution < -0.4 is 20.5 Å². The largest absolute Gasteiger partial charge is 0.489 e. The maximum atomic E-state index is 13.5. The van der Waals surface area contributed by atoms with Gasteiger partial charge in [-0.1, -0.05) is 11.6 Å². The molecule has 2 aliphatic rings. The Morgan fingerprint density at radius 2 is 2.10 bits per heavy atom. The number of likely N-dealkylation sites (tertiary alicyclic amines) is 1. The molecular weight excluding hydrogens is 425 g/mol. The summed E-state index contributed by atoms with van der Waals surface area (Å²) in [6.07, 6.45) is 1.61. The first-order chi connectivity index (χ1) is 14.8. The highest BCUT2D eigenvalue weighted by Crippen LogP contribution is 2.41. The van der Waals surface area contributed by atoms with Gasteiger partial charge in [0.2, 0.25) is 0 Å². The number of amides is 2. The minimum Gasteiger partial charge on any atom is -0.489 e. The number of carbonyl (C=O) groups excluding carboxylic acids is 1. The van der Waals surface area contributed by atoms with Crippen LogP contribution in [0.4, 0.5) is 14.9 Å². The normalized spacial score (nSPS) is 18.3. The molecule has 1 spiro atoms. The number of piperidine rings is 1. The monoisotopic (exact) mass is 449 g/mol. The number of ether oxygens (including phenoxy) is 2. The Morgan fingerprint density at radius 3 is 2.84 bits per heavy atom. The van der Waals surface area contributed by atoms with Crippen LogP contribution in [0.15, 0.2) is 36.4 Å². The third-order valence-electron chi connectivity index (χ3n) is 5.73. The molecule has 2 aromatic carbocycles. The zero-order valence-corrected chi connectivity index (χ0v) is 17.7. The number of aliphatic hydroxyl groups excluding tert-OH is 1. The minimum atomic E-state index is -0.728. The third-order valence-corrected chi connectivity index (χ3v) is 5.96. The number of carbonyl (C=O) groups is 1. The molecule has 0 aromatic heterocycles. The summed E-state index contributed by atoms with van der Waals surface area (Å²) in [6.45, 7) is 2.04. The molecule has 2 amide bonds. The SMILES string of the molecule is NC(=O)Nc1cc(Cl)ccc1OC[C@@H](O)CN1CCC2(CC1)Cc1cc(F)ccc1O2. The van der Waals surface area contributed by atoms with Gasteiger partial charge >= 0.3 is 6.03 Å². The standard InChI is InChI=1S/C22H25ClFN3O4/c23-15-1-3-20(18(10-15)26-21(25)29)30-13-17(28)12-27-7-5-22(6-8-27)11-14-9-16(24)2-4-19(14)31-22/h1-4,9-10,17,28H,5-8,11-13H2,(H3,25,26,29)/t17-/m0/s1. The van der Waals surface area contributed by atoms with Crippen molar-refractivity contribution in [3.63, 3.8) is 0 Å². The number of benzene rings is 2. The number of anilines is 1. The number of fused-ring (bicyclic) bond motifs is 1. The predicted molar refractivity (Wildman–Crippen MR) is 115 cm³/mol. The van der Waals surface area contributed by atoms with Crippen LogP contribution in [0.5, 0.6) is 11.5 Å². The van der Waals surface area contributed by atoms with Crippen molar-refractivity contribution < 1.29 is 23.8 Å². The number of hydrogen-bond donors (Lipinski definition) is 3. The summed E-state index contributed by atoms with van der Waals surface area (Å²) in [4.78, 5) is 13.3. The van der Waals surface area contributed by atoms with E-state index in [1.54, 1.807) is 24.3 Å². The van der Waals surface area contributed by atoms with E-state index in [0.717, 1.165) is 37.2 Å². The molecule has 1 fully saturated rings. The number of nitrogens with zero attached hydrogens (tertiary/aromatic N) is 1. The van der Waals surface area contributed by atoms with E-state index in [0.29, 0.717) is 29.4 Å². The first kappa shape index (κ1) is 21.7. The van der Waals surface area contributed by atoms with Gasteiger partial charge in [0.25, 0.3) is 0 Å². The Kier molecular flexibility index (Phi) is 6.22. The molecule has 0 aliphatic carbocycles. The van der Waals surface area contributed by atoms with E-state index in [2.05, 4.69) is 10.2 Å². The van der Waals surface area contributed by atoms with Crippen molar-refractivity contribution in [1.82, 2.24) is 4.90 Å². The highest BCUT2D eigenvalue weighted by Gasteiger charge is 2.42. The van der Waals surface area contributed by atoms with Gasteiger partial charge in [-0.15, -0.1) is 0 Å². The summed E-state index contributed by atoms with van der Waals surface area (Å²) in [5.41, 5.74) is 6.16. The van der Waals surface area contributed by atoms with Gasteiger partial charge in [-0.05, 0) is 36.4 Å². The highest BCUT2D eigenvalue weighted by molar-refractivity contribution is 6.31. The van der Waals surface area contributed by atoms with E-state index in [9.17, 15) is 14.3 Å². The zero-order chi connectivity index (χ0) is 22.0. The molecule has 7 nitrogen and oxygen atoms in total. The topological polar surface area (TPSA) is 97.1 Å². The molecule has 1 atom stereocenters. The number of urea groups is 1. The summed E-state index contributed by atoms with van der Waals surface area (Å²) in [6, 6.07) is 8.72. The van der Waals surface area contributed by atoms with E-state index < -0.39 is 12.1 Å². The molecule has 0 radical (unpaired) electrons. The average Bonchev–Trinajstić information content (AvgIpc) is 3.06. The van der Waals surface area contributed by atoms with E-state index in [1.165, 1.54) is 12.1 Å². The lowest BCUT2D eigenvalue weighted by Gasteiger charge is -2.39. The lowest BCUT2D eigenvalue weighted by molar-refractivity contribution is -0.00191. The Balaban J connectivity index is 1.27. The van der Waals surface area contributed by atoms with Crippen molar-refractivity contribution in [3.05, 3.63) is 52.8 Å². The predicted octanol–water partition coefficient (Wildman–Crippen LogP) is 3.18. The van der Waals surface area contributed by atoms with Gasteiger partial charge in [-0.2, -0.15) is 0 Å². The number of rotatable bonds is 6. The van der Waals surface area contributed by atoms with Crippen molar-refractivity contribution in [1.29, 1.82) is 0 Å². The van der Waals surface area contributed by atoms with Crippen LogP contribution in [0.2, 0.25) is 5.02 Å². The van der Waals surface area contributed by atoms with Gasteiger partial charge in [-0.25, -0.2) is 9.18 Å². The Morgan fingerprint density at radius 1 is 1.32 bits per heavy atom. The van der Waals surface area contributed by atoms with Gasteiger partial charge in [0, 0.05) is 49.5 Å². The summed E-state index contributed by atoms with van der Waals surface area (Å²) in [5, 5.41) is 13.3.